The van der Waals surface area contributed by atoms with Crippen molar-refractivity contribution in [3.63, 3.8) is 0 Å². The molecule has 3 nitrogen and oxygen atoms in total. The highest BCUT2D eigenvalue weighted by atomic mass is 16.5. The first-order chi connectivity index (χ1) is 6.19. The lowest BCUT2D eigenvalue weighted by Crippen LogP contribution is -2.39. The summed E-state index contributed by atoms with van der Waals surface area (Å²) in [7, 11) is 3.86. The molecule has 13 heavy (non-hydrogen) atoms. The number of rotatable bonds is 3. The van der Waals surface area contributed by atoms with Gasteiger partial charge in [-0.2, -0.15) is 0 Å². The van der Waals surface area contributed by atoms with Gasteiger partial charge in [-0.15, -0.1) is 0 Å². The first kappa shape index (κ1) is 10.5. The molecular formula is C10H19N2O+. The molecule has 1 aliphatic heterocycles. The smallest absolute Gasteiger partial charge is 0.290 e. The Morgan fingerprint density at radius 1 is 1.69 bits per heavy atom. The van der Waals surface area contributed by atoms with Gasteiger partial charge in [0.2, 0.25) is 0 Å². The van der Waals surface area contributed by atoms with E-state index in [1.807, 2.05) is 0 Å². The van der Waals surface area contributed by atoms with Crippen LogP contribution in [0.3, 0.4) is 0 Å². The summed E-state index contributed by atoms with van der Waals surface area (Å²) in [5.74, 6) is 0.755. The third-order valence-corrected chi connectivity index (χ3v) is 2.83. The lowest BCUT2D eigenvalue weighted by atomic mass is 10.0. The summed E-state index contributed by atoms with van der Waals surface area (Å²) in [5.41, 5.74) is 0. The summed E-state index contributed by atoms with van der Waals surface area (Å²) in [6.07, 6.45) is 1.34. The number of likely N-dealkylation sites (tertiary alicyclic amines) is 1. The molecule has 0 aromatic rings. The van der Waals surface area contributed by atoms with Crippen LogP contribution in [-0.4, -0.2) is 44.3 Å². The fourth-order valence-electron chi connectivity index (χ4n) is 2.19. The third-order valence-electron chi connectivity index (χ3n) is 2.83. The monoisotopic (exact) mass is 183 g/mol. The Bertz CT molecular complexity index is 200. The van der Waals surface area contributed by atoms with E-state index >= 15 is 0 Å². The van der Waals surface area contributed by atoms with E-state index in [2.05, 4.69) is 23.7 Å². The van der Waals surface area contributed by atoms with Crippen molar-refractivity contribution < 1.29 is 4.74 Å². The molecule has 0 amide bonds. The van der Waals surface area contributed by atoms with E-state index in [9.17, 15) is 0 Å². The van der Waals surface area contributed by atoms with Gasteiger partial charge in [0.1, 0.15) is 6.10 Å². The molecule has 0 aliphatic carbocycles. The second-order valence-corrected chi connectivity index (χ2v) is 3.99. The summed E-state index contributed by atoms with van der Waals surface area (Å²) in [4.78, 5) is 6.00. The minimum atomic E-state index is 0.153. The SMILES string of the molecule is C#[N+]CC(OC)C1CC(C)CN1C. The molecule has 1 rings (SSSR count). The lowest BCUT2D eigenvalue weighted by Gasteiger charge is -2.23. The Hall–Kier alpha value is -0.590. The van der Waals surface area contributed by atoms with Crippen LogP contribution >= 0.6 is 0 Å². The Kier molecular flexibility index (Phi) is 3.71. The van der Waals surface area contributed by atoms with Crippen molar-refractivity contribution in [1.82, 2.24) is 4.90 Å². The fraction of sp³-hybridized carbons (Fsp3) is 0.900. The molecule has 0 aromatic carbocycles. The summed E-state index contributed by atoms with van der Waals surface area (Å²) < 4.78 is 5.38. The van der Waals surface area contributed by atoms with E-state index in [4.69, 9.17) is 11.3 Å². The number of nitrogens with zero attached hydrogens (tertiary/aromatic N) is 2. The quantitative estimate of drug-likeness (QED) is 0.656. The van der Waals surface area contributed by atoms with Crippen molar-refractivity contribution in [1.29, 1.82) is 0 Å². The number of hydrogen-bond acceptors (Lipinski definition) is 2. The van der Waals surface area contributed by atoms with E-state index in [1.54, 1.807) is 7.11 Å². The van der Waals surface area contributed by atoms with E-state index < -0.39 is 0 Å². The van der Waals surface area contributed by atoms with Crippen molar-refractivity contribution in [2.45, 2.75) is 25.5 Å². The number of methoxy groups -OCH3 is 1. The maximum atomic E-state index is 5.38. The molecule has 3 unspecified atom stereocenters. The molecule has 1 saturated heterocycles. The molecule has 0 aromatic heterocycles. The Balaban J connectivity index is 2.54. The van der Waals surface area contributed by atoms with Crippen molar-refractivity contribution in [3.05, 3.63) is 4.85 Å². The molecular weight excluding hydrogens is 164 g/mol. The first-order valence-corrected chi connectivity index (χ1v) is 4.78. The van der Waals surface area contributed by atoms with Gasteiger partial charge in [-0.3, -0.25) is 0 Å². The molecule has 1 fully saturated rings. The van der Waals surface area contributed by atoms with Gasteiger partial charge in [0.15, 0.2) is 0 Å². The zero-order valence-electron chi connectivity index (χ0n) is 8.73. The second kappa shape index (κ2) is 4.59. The Morgan fingerprint density at radius 3 is 2.77 bits per heavy atom. The zero-order chi connectivity index (χ0) is 9.84. The third kappa shape index (κ3) is 2.43. The van der Waals surface area contributed by atoms with Gasteiger partial charge in [-0.25, -0.2) is 0 Å². The number of hydrogen-bond donors (Lipinski definition) is 0. The average molecular weight is 183 g/mol. The average Bonchev–Trinajstić information content (AvgIpc) is 2.41. The van der Waals surface area contributed by atoms with Crippen molar-refractivity contribution in [2.24, 2.45) is 5.92 Å². The van der Waals surface area contributed by atoms with Crippen LogP contribution in [0.1, 0.15) is 13.3 Å². The van der Waals surface area contributed by atoms with Gasteiger partial charge in [-0.1, -0.05) is 11.8 Å². The van der Waals surface area contributed by atoms with E-state index in [0.717, 1.165) is 12.5 Å². The van der Waals surface area contributed by atoms with Crippen LogP contribution in [0, 0.1) is 12.5 Å². The summed E-state index contributed by atoms with van der Waals surface area (Å²) in [6, 6.07) is 0.479. The van der Waals surface area contributed by atoms with Crippen LogP contribution in [-0.2, 0) is 4.74 Å². The Labute approximate surface area is 80.5 Å². The molecule has 74 valence electrons. The normalized spacial score (nSPS) is 31.5. The maximum Gasteiger partial charge on any atom is 0.290 e. The highest BCUT2D eigenvalue weighted by Gasteiger charge is 2.35. The van der Waals surface area contributed by atoms with Crippen LogP contribution in [0.4, 0.5) is 0 Å². The molecule has 0 radical (unpaired) electrons. The van der Waals surface area contributed by atoms with Gasteiger partial charge in [-0.05, 0) is 19.4 Å². The molecule has 0 spiro atoms. The maximum absolute atomic E-state index is 5.38. The lowest BCUT2D eigenvalue weighted by molar-refractivity contribution is 0.0510. The Morgan fingerprint density at radius 2 is 2.38 bits per heavy atom. The largest absolute Gasteiger partial charge is 0.372 e. The van der Waals surface area contributed by atoms with Crippen molar-refractivity contribution in [2.75, 3.05) is 27.2 Å². The number of likely N-dealkylation sites (N-methyl/N-ethyl adjacent to an activating group) is 1. The van der Waals surface area contributed by atoms with E-state index in [0.29, 0.717) is 12.6 Å². The molecule has 1 heterocycles. The van der Waals surface area contributed by atoms with Crippen molar-refractivity contribution >= 4 is 0 Å². The standard InChI is InChI=1S/C10H19N2O/c1-8-5-9(12(3)7-8)10(13-4)6-11-2/h2,8-10H,5-7H2,1,3-4H3/q+1. The van der Waals surface area contributed by atoms with Crippen LogP contribution in [0.2, 0.25) is 0 Å². The van der Waals surface area contributed by atoms with Crippen molar-refractivity contribution in [3.8, 4) is 6.57 Å². The van der Waals surface area contributed by atoms with Gasteiger partial charge in [0.25, 0.3) is 13.1 Å². The number of ether oxygens (including phenoxy) is 1. The predicted molar refractivity (Wildman–Crippen MR) is 54.2 cm³/mol. The molecule has 0 bridgehead atoms. The van der Waals surface area contributed by atoms with E-state index in [-0.39, 0.29) is 6.10 Å². The van der Waals surface area contributed by atoms with Gasteiger partial charge in [0, 0.05) is 19.7 Å². The summed E-state index contributed by atoms with van der Waals surface area (Å²) in [6.45, 7) is 9.19. The molecule has 0 N–H and O–H groups in total. The molecule has 3 atom stereocenters. The highest BCUT2D eigenvalue weighted by Crippen LogP contribution is 2.24. The summed E-state index contributed by atoms with van der Waals surface area (Å²) in [5, 5.41) is 0. The van der Waals surface area contributed by atoms with Gasteiger partial charge in [0.05, 0.1) is 0 Å². The second-order valence-electron chi connectivity index (χ2n) is 3.99. The summed E-state index contributed by atoms with van der Waals surface area (Å²) >= 11 is 0. The van der Waals surface area contributed by atoms with E-state index in [1.165, 1.54) is 6.42 Å². The fourth-order valence-corrected chi connectivity index (χ4v) is 2.19. The topological polar surface area (TPSA) is 16.8 Å². The minimum Gasteiger partial charge on any atom is -0.372 e. The zero-order valence-corrected chi connectivity index (χ0v) is 8.73. The highest BCUT2D eigenvalue weighted by molar-refractivity contribution is 4.91. The van der Waals surface area contributed by atoms with Crippen LogP contribution in [0.5, 0.6) is 0 Å². The predicted octanol–water partition coefficient (Wildman–Crippen LogP) is 1.30. The van der Waals surface area contributed by atoms with Crippen LogP contribution in [0.25, 0.3) is 4.85 Å². The van der Waals surface area contributed by atoms with Gasteiger partial charge >= 0.3 is 0 Å². The van der Waals surface area contributed by atoms with Gasteiger partial charge < -0.3 is 9.64 Å². The van der Waals surface area contributed by atoms with Crippen LogP contribution < -0.4 is 0 Å². The molecule has 1 aliphatic rings. The molecule has 3 heteroatoms. The van der Waals surface area contributed by atoms with Crippen LogP contribution in [0.15, 0.2) is 0 Å². The first-order valence-electron chi connectivity index (χ1n) is 4.78. The molecule has 0 saturated carbocycles. The minimum absolute atomic E-state index is 0.153.